The van der Waals surface area contributed by atoms with Crippen molar-refractivity contribution in [1.29, 1.82) is 0 Å². The maximum absolute atomic E-state index is 12.1. The maximum atomic E-state index is 12.1. The zero-order valence-corrected chi connectivity index (χ0v) is 15.4. The van der Waals surface area contributed by atoms with E-state index in [0.29, 0.717) is 13.1 Å². The Labute approximate surface area is 147 Å². The zero-order valence-electron chi connectivity index (χ0n) is 14.5. The third-order valence-corrected chi connectivity index (χ3v) is 4.50. The minimum Gasteiger partial charge on any atom is -0.497 e. The molecule has 0 fully saturated rings. The zero-order chi connectivity index (χ0) is 17.4. The molecule has 0 saturated heterocycles. The normalized spacial score (nSPS) is 10.8. The van der Waals surface area contributed by atoms with Crippen LogP contribution in [0.2, 0.25) is 0 Å². The van der Waals surface area contributed by atoms with Crippen molar-refractivity contribution >= 4 is 22.9 Å². The SMILES string of the molecule is CCCCc1nc(CN(C)CC(=O)Nc2cccc(OC)c2)cs1. The van der Waals surface area contributed by atoms with Crippen molar-refractivity contribution in [2.24, 2.45) is 0 Å². The first-order valence-electron chi connectivity index (χ1n) is 8.16. The van der Waals surface area contributed by atoms with E-state index in [1.807, 2.05) is 30.1 Å². The molecule has 5 nitrogen and oxygen atoms in total. The number of hydrogen-bond acceptors (Lipinski definition) is 5. The minimum atomic E-state index is -0.0489. The van der Waals surface area contributed by atoms with Gasteiger partial charge < -0.3 is 10.1 Å². The van der Waals surface area contributed by atoms with Crippen molar-refractivity contribution in [3.63, 3.8) is 0 Å². The van der Waals surface area contributed by atoms with E-state index in [4.69, 9.17) is 4.74 Å². The number of aromatic nitrogens is 1. The maximum Gasteiger partial charge on any atom is 0.238 e. The van der Waals surface area contributed by atoms with Gasteiger partial charge >= 0.3 is 0 Å². The van der Waals surface area contributed by atoms with Crippen molar-refractivity contribution in [1.82, 2.24) is 9.88 Å². The monoisotopic (exact) mass is 347 g/mol. The Kier molecular flexibility index (Phi) is 7.21. The highest BCUT2D eigenvalue weighted by Gasteiger charge is 2.10. The first-order valence-corrected chi connectivity index (χ1v) is 9.04. The second-order valence-corrected chi connectivity index (χ2v) is 6.73. The van der Waals surface area contributed by atoms with Crippen LogP contribution < -0.4 is 10.1 Å². The van der Waals surface area contributed by atoms with Crippen LogP contribution in [0.4, 0.5) is 5.69 Å². The fraction of sp³-hybridized carbons (Fsp3) is 0.444. The van der Waals surface area contributed by atoms with E-state index in [0.717, 1.165) is 23.6 Å². The number of carbonyl (C=O) groups is 1. The van der Waals surface area contributed by atoms with Crippen LogP contribution in [0, 0.1) is 0 Å². The molecule has 0 atom stereocenters. The van der Waals surface area contributed by atoms with E-state index in [-0.39, 0.29) is 5.91 Å². The lowest BCUT2D eigenvalue weighted by atomic mass is 10.3. The molecule has 1 aromatic heterocycles. The summed E-state index contributed by atoms with van der Waals surface area (Å²) < 4.78 is 5.16. The van der Waals surface area contributed by atoms with Gasteiger partial charge in [-0.2, -0.15) is 0 Å². The molecule has 1 heterocycles. The molecule has 1 aromatic carbocycles. The van der Waals surface area contributed by atoms with Crippen LogP contribution in [-0.4, -0.2) is 36.5 Å². The molecule has 2 aromatic rings. The lowest BCUT2D eigenvalue weighted by Gasteiger charge is -2.15. The van der Waals surface area contributed by atoms with Crippen LogP contribution in [0.1, 0.15) is 30.5 Å². The van der Waals surface area contributed by atoms with Gasteiger partial charge in [0.15, 0.2) is 0 Å². The van der Waals surface area contributed by atoms with Crippen molar-refractivity contribution < 1.29 is 9.53 Å². The van der Waals surface area contributed by atoms with Crippen LogP contribution in [0.15, 0.2) is 29.6 Å². The van der Waals surface area contributed by atoms with Gasteiger partial charge in [0.25, 0.3) is 0 Å². The number of thiazole rings is 1. The number of anilines is 1. The smallest absolute Gasteiger partial charge is 0.238 e. The topological polar surface area (TPSA) is 54.5 Å². The Hall–Kier alpha value is -1.92. The van der Waals surface area contributed by atoms with E-state index in [1.54, 1.807) is 24.5 Å². The summed E-state index contributed by atoms with van der Waals surface area (Å²) in [6, 6.07) is 7.35. The number of likely N-dealkylation sites (N-methyl/N-ethyl adjacent to an activating group) is 1. The average Bonchev–Trinajstić information content (AvgIpc) is 3.00. The number of carbonyl (C=O) groups excluding carboxylic acids is 1. The van der Waals surface area contributed by atoms with Crippen molar-refractivity contribution in [2.75, 3.05) is 26.0 Å². The molecule has 0 aliphatic carbocycles. The van der Waals surface area contributed by atoms with E-state index < -0.39 is 0 Å². The first kappa shape index (κ1) is 18.4. The Balaban J connectivity index is 1.81. The summed E-state index contributed by atoms with van der Waals surface area (Å²) in [5, 5.41) is 6.15. The molecule has 0 aliphatic rings. The number of nitrogens with one attached hydrogen (secondary N) is 1. The van der Waals surface area contributed by atoms with Gasteiger partial charge in [0.2, 0.25) is 5.91 Å². The van der Waals surface area contributed by atoms with Gasteiger partial charge in [0.1, 0.15) is 5.75 Å². The summed E-state index contributed by atoms with van der Waals surface area (Å²) in [5.41, 5.74) is 1.77. The molecule has 0 saturated carbocycles. The second-order valence-electron chi connectivity index (χ2n) is 5.79. The van der Waals surface area contributed by atoms with Crippen LogP contribution in [0.25, 0.3) is 0 Å². The largest absolute Gasteiger partial charge is 0.497 e. The van der Waals surface area contributed by atoms with Crippen molar-refractivity contribution in [3.8, 4) is 5.75 Å². The van der Waals surface area contributed by atoms with Gasteiger partial charge in [0, 0.05) is 23.7 Å². The van der Waals surface area contributed by atoms with Gasteiger partial charge in [-0.3, -0.25) is 9.69 Å². The van der Waals surface area contributed by atoms with E-state index in [2.05, 4.69) is 22.6 Å². The third-order valence-electron chi connectivity index (χ3n) is 3.54. The molecular weight excluding hydrogens is 322 g/mol. The Morgan fingerprint density at radius 2 is 2.25 bits per heavy atom. The molecule has 2 rings (SSSR count). The van der Waals surface area contributed by atoms with Gasteiger partial charge in [-0.15, -0.1) is 11.3 Å². The van der Waals surface area contributed by atoms with Crippen LogP contribution >= 0.6 is 11.3 Å². The number of methoxy groups -OCH3 is 1. The average molecular weight is 347 g/mol. The molecule has 0 bridgehead atoms. The summed E-state index contributed by atoms with van der Waals surface area (Å²) in [6.07, 6.45) is 3.40. The summed E-state index contributed by atoms with van der Waals surface area (Å²) in [6.45, 7) is 3.18. The van der Waals surface area contributed by atoms with Crippen LogP contribution in [0.5, 0.6) is 5.75 Å². The fourth-order valence-corrected chi connectivity index (χ4v) is 3.17. The molecule has 0 spiro atoms. The molecule has 0 aliphatic heterocycles. The molecule has 1 N–H and O–H groups in total. The standard InChI is InChI=1S/C18H25N3O2S/c1-4-5-9-18-20-15(13-24-18)11-21(2)12-17(22)19-14-7-6-8-16(10-14)23-3/h6-8,10,13H,4-5,9,11-12H2,1-3H3,(H,19,22). The molecule has 0 radical (unpaired) electrons. The predicted molar refractivity (Wildman–Crippen MR) is 98.7 cm³/mol. The highest BCUT2D eigenvalue weighted by Crippen LogP contribution is 2.17. The molecule has 24 heavy (non-hydrogen) atoms. The summed E-state index contributed by atoms with van der Waals surface area (Å²) in [4.78, 5) is 18.7. The second kappa shape index (κ2) is 9.39. The number of hydrogen-bond donors (Lipinski definition) is 1. The fourth-order valence-electron chi connectivity index (χ4n) is 2.34. The number of unbranched alkanes of at least 4 members (excludes halogenated alkanes) is 1. The van der Waals surface area contributed by atoms with Crippen molar-refractivity contribution in [3.05, 3.63) is 40.3 Å². The molecule has 130 valence electrons. The van der Waals surface area contributed by atoms with Crippen molar-refractivity contribution in [2.45, 2.75) is 32.7 Å². The number of ether oxygens (including phenoxy) is 1. The predicted octanol–water partition coefficient (Wildman–Crippen LogP) is 3.56. The number of benzene rings is 1. The quantitative estimate of drug-likeness (QED) is 0.753. The lowest BCUT2D eigenvalue weighted by molar-refractivity contribution is -0.117. The minimum absolute atomic E-state index is 0.0489. The Morgan fingerprint density at radius 3 is 3.00 bits per heavy atom. The van der Waals surface area contributed by atoms with Crippen LogP contribution in [0.3, 0.4) is 0 Å². The molecular formula is C18H25N3O2S. The van der Waals surface area contributed by atoms with E-state index in [9.17, 15) is 4.79 Å². The molecule has 0 unspecified atom stereocenters. The molecule has 6 heteroatoms. The van der Waals surface area contributed by atoms with Gasteiger partial charge in [-0.1, -0.05) is 19.4 Å². The van der Waals surface area contributed by atoms with Gasteiger partial charge in [0.05, 0.1) is 24.4 Å². The van der Waals surface area contributed by atoms with Crippen LogP contribution in [-0.2, 0) is 17.8 Å². The number of rotatable bonds is 9. The summed E-state index contributed by atoms with van der Waals surface area (Å²) in [5.74, 6) is 0.676. The van der Waals surface area contributed by atoms with E-state index >= 15 is 0 Å². The highest BCUT2D eigenvalue weighted by molar-refractivity contribution is 7.09. The van der Waals surface area contributed by atoms with E-state index in [1.165, 1.54) is 17.8 Å². The number of amides is 1. The third kappa shape index (κ3) is 5.94. The highest BCUT2D eigenvalue weighted by atomic mass is 32.1. The lowest BCUT2D eigenvalue weighted by Crippen LogP contribution is -2.29. The number of aryl methyl sites for hydroxylation is 1. The van der Waals surface area contributed by atoms with Gasteiger partial charge in [-0.05, 0) is 32.0 Å². The number of nitrogens with zero attached hydrogens (tertiary/aromatic N) is 2. The molecule has 1 amide bonds. The summed E-state index contributed by atoms with van der Waals surface area (Å²) >= 11 is 1.70. The summed E-state index contributed by atoms with van der Waals surface area (Å²) in [7, 11) is 3.54. The van der Waals surface area contributed by atoms with Gasteiger partial charge in [-0.25, -0.2) is 4.98 Å². The Bertz CT molecular complexity index is 657. The Morgan fingerprint density at radius 1 is 1.42 bits per heavy atom. The first-order chi connectivity index (χ1) is 11.6.